The lowest BCUT2D eigenvalue weighted by atomic mass is 10.2. The van der Waals surface area contributed by atoms with Crippen LogP contribution in [0.25, 0.3) is 0 Å². The van der Waals surface area contributed by atoms with Gasteiger partial charge in [-0.3, -0.25) is 4.79 Å². The van der Waals surface area contributed by atoms with Gasteiger partial charge in [0.25, 0.3) is 5.91 Å². The molecule has 0 unspecified atom stereocenters. The van der Waals surface area contributed by atoms with Crippen LogP contribution < -0.4 is 5.32 Å². The molecule has 0 saturated carbocycles. The zero-order valence-corrected chi connectivity index (χ0v) is 15.8. The number of carbonyl (C=O) groups excluding carboxylic acids is 2. The van der Waals surface area contributed by atoms with Gasteiger partial charge in [-0.25, -0.2) is 4.79 Å². The van der Waals surface area contributed by atoms with Crippen molar-refractivity contribution in [1.29, 1.82) is 0 Å². The predicted molar refractivity (Wildman–Crippen MR) is 104 cm³/mol. The molecule has 5 nitrogen and oxygen atoms in total. The van der Waals surface area contributed by atoms with Crippen LogP contribution in [0.5, 0.6) is 0 Å². The Kier molecular flexibility index (Phi) is 7.63. The average molecular weight is 375 g/mol. The maximum absolute atomic E-state index is 12.2. The van der Waals surface area contributed by atoms with Crippen LogP contribution in [0.1, 0.15) is 34.6 Å². The normalized spacial score (nSPS) is 10.6. The van der Waals surface area contributed by atoms with Gasteiger partial charge in [-0.1, -0.05) is 37.6 Å². The fourth-order valence-electron chi connectivity index (χ4n) is 2.42. The Morgan fingerprint density at radius 2 is 1.69 bits per heavy atom. The van der Waals surface area contributed by atoms with Gasteiger partial charge in [-0.05, 0) is 49.5 Å². The van der Waals surface area contributed by atoms with Crippen molar-refractivity contribution in [3.63, 3.8) is 0 Å². The van der Waals surface area contributed by atoms with Crippen molar-refractivity contribution >= 4 is 29.2 Å². The maximum atomic E-state index is 12.2. The Morgan fingerprint density at radius 3 is 2.31 bits per heavy atom. The van der Waals surface area contributed by atoms with Gasteiger partial charge < -0.3 is 15.0 Å². The number of nitrogens with one attached hydrogen (secondary N) is 1. The highest BCUT2D eigenvalue weighted by molar-refractivity contribution is 6.34. The Balaban J connectivity index is 1.90. The van der Waals surface area contributed by atoms with Crippen LogP contribution in [-0.4, -0.2) is 43.0 Å². The molecule has 6 heteroatoms. The molecule has 2 aromatic rings. The van der Waals surface area contributed by atoms with Gasteiger partial charge >= 0.3 is 5.97 Å². The number of esters is 1. The second-order valence-corrected chi connectivity index (χ2v) is 6.08. The molecule has 1 amide bonds. The number of ether oxygens (including phenoxy) is 1. The van der Waals surface area contributed by atoms with E-state index in [4.69, 9.17) is 16.3 Å². The van der Waals surface area contributed by atoms with E-state index in [-0.39, 0.29) is 11.9 Å². The quantitative estimate of drug-likeness (QED) is 0.707. The first-order valence-corrected chi connectivity index (χ1v) is 8.98. The summed E-state index contributed by atoms with van der Waals surface area (Å²) in [4.78, 5) is 26.5. The summed E-state index contributed by atoms with van der Waals surface area (Å²) in [5.74, 6) is -0.675. The van der Waals surface area contributed by atoms with Crippen LogP contribution in [0.3, 0.4) is 0 Å². The smallest absolute Gasteiger partial charge is 0.338 e. The summed E-state index contributed by atoms with van der Waals surface area (Å²) in [6.45, 7) is 7.06. The number of hydrogen-bond acceptors (Lipinski definition) is 4. The summed E-state index contributed by atoms with van der Waals surface area (Å²) in [5.41, 5.74) is 1.42. The fraction of sp³-hybridized carbons (Fsp3) is 0.300. The SMILES string of the molecule is CCN(CC)CCOC(=O)c1ccc(NC(=O)c2ccccc2Cl)cc1. The average Bonchev–Trinajstić information content (AvgIpc) is 2.66. The highest BCUT2D eigenvalue weighted by Crippen LogP contribution is 2.17. The van der Waals surface area contributed by atoms with E-state index in [1.54, 1.807) is 48.5 Å². The fourth-order valence-corrected chi connectivity index (χ4v) is 2.65. The number of nitrogens with zero attached hydrogens (tertiary/aromatic N) is 1. The topological polar surface area (TPSA) is 58.6 Å². The van der Waals surface area contributed by atoms with Crippen LogP contribution in [0.15, 0.2) is 48.5 Å². The third kappa shape index (κ3) is 5.58. The van der Waals surface area contributed by atoms with Crippen molar-refractivity contribution in [2.75, 3.05) is 31.6 Å². The molecule has 0 atom stereocenters. The lowest BCUT2D eigenvalue weighted by molar-refractivity contribution is 0.0466. The molecule has 0 radical (unpaired) electrons. The molecular formula is C20H23ClN2O3. The molecule has 0 saturated heterocycles. The molecule has 0 spiro atoms. The van der Waals surface area contributed by atoms with E-state index in [9.17, 15) is 9.59 Å². The van der Waals surface area contributed by atoms with Gasteiger partial charge in [-0.2, -0.15) is 0 Å². The summed E-state index contributed by atoms with van der Waals surface area (Å²) in [6.07, 6.45) is 0. The van der Waals surface area contributed by atoms with Crippen LogP contribution in [0.2, 0.25) is 5.02 Å². The van der Waals surface area contributed by atoms with Crippen molar-refractivity contribution in [3.8, 4) is 0 Å². The summed E-state index contributed by atoms with van der Waals surface area (Å²) in [5, 5.41) is 3.14. The van der Waals surface area contributed by atoms with E-state index in [1.807, 2.05) is 0 Å². The first-order valence-electron chi connectivity index (χ1n) is 8.60. The van der Waals surface area contributed by atoms with E-state index in [1.165, 1.54) is 0 Å². The third-order valence-electron chi connectivity index (χ3n) is 4.03. The minimum atomic E-state index is -0.374. The van der Waals surface area contributed by atoms with Crippen LogP contribution in [0.4, 0.5) is 5.69 Å². The van der Waals surface area contributed by atoms with Crippen LogP contribution in [0, 0.1) is 0 Å². The molecule has 138 valence electrons. The lowest BCUT2D eigenvalue weighted by Gasteiger charge is -2.17. The number of halogens is 1. The Morgan fingerprint density at radius 1 is 1.04 bits per heavy atom. The molecule has 2 rings (SSSR count). The standard InChI is InChI=1S/C20H23ClN2O3/c1-3-23(4-2)13-14-26-20(25)15-9-11-16(12-10-15)22-19(24)17-7-5-6-8-18(17)21/h5-12H,3-4,13-14H2,1-2H3,(H,22,24). The Bertz CT molecular complexity index is 743. The summed E-state index contributed by atoms with van der Waals surface area (Å²) in [6, 6.07) is 13.4. The van der Waals surface area contributed by atoms with Crippen molar-refractivity contribution in [2.45, 2.75) is 13.8 Å². The van der Waals surface area contributed by atoms with Gasteiger partial charge in [-0.15, -0.1) is 0 Å². The van der Waals surface area contributed by atoms with Crippen molar-refractivity contribution in [2.24, 2.45) is 0 Å². The zero-order valence-electron chi connectivity index (χ0n) is 15.0. The number of amides is 1. The number of likely N-dealkylation sites (N-methyl/N-ethyl adjacent to an activating group) is 1. The monoisotopic (exact) mass is 374 g/mol. The predicted octanol–water partition coefficient (Wildman–Crippen LogP) is 4.09. The van der Waals surface area contributed by atoms with Gasteiger partial charge in [0.1, 0.15) is 6.61 Å². The summed E-state index contributed by atoms with van der Waals surface area (Å²) in [7, 11) is 0. The summed E-state index contributed by atoms with van der Waals surface area (Å²) >= 11 is 6.02. The number of benzene rings is 2. The van der Waals surface area contributed by atoms with E-state index in [0.29, 0.717) is 35.0 Å². The molecular weight excluding hydrogens is 352 g/mol. The zero-order chi connectivity index (χ0) is 18.9. The van der Waals surface area contributed by atoms with Gasteiger partial charge in [0.15, 0.2) is 0 Å². The molecule has 0 heterocycles. The molecule has 0 bridgehead atoms. The van der Waals surface area contributed by atoms with Crippen molar-refractivity contribution in [3.05, 3.63) is 64.7 Å². The first-order chi connectivity index (χ1) is 12.5. The van der Waals surface area contributed by atoms with E-state index in [0.717, 1.165) is 13.1 Å². The minimum absolute atomic E-state index is 0.301. The largest absolute Gasteiger partial charge is 0.461 e. The summed E-state index contributed by atoms with van der Waals surface area (Å²) < 4.78 is 5.28. The number of hydrogen-bond donors (Lipinski definition) is 1. The molecule has 0 aliphatic heterocycles. The molecule has 0 aromatic heterocycles. The lowest BCUT2D eigenvalue weighted by Crippen LogP contribution is -2.27. The Hall–Kier alpha value is -2.37. The van der Waals surface area contributed by atoms with Gasteiger partial charge in [0.05, 0.1) is 16.1 Å². The molecule has 0 aliphatic carbocycles. The van der Waals surface area contributed by atoms with E-state index in [2.05, 4.69) is 24.1 Å². The molecule has 2 aromatic carbocycles. The second kappa shape index (κ2) is 9.94. The van der Waals surface area contributed by atoms with Crippen LogP contribution >= 0.6 is 11.6 Å². The number of anilines is 1. The second-order valence-electron chi connectivity index (χ2n) is 5.67. The van der Waals surface area contributed by atoms with Gasteiger partial charge in [0, 0.05) is 12.2 Å². The number of rotatable bonds is 8. The molecule has 0 aliphatic rings. The third-order valence-corrected chi connectivity index (χ3v) is 4.36. The van der Waals surface area contributed by atoms with Crippen LogP contribution in [-0.2, 0) is 4.74 Å². The van der Waals surface area contributed by atoms with E-state index < -0.39 is 0 Å². The minimum Gasteiger partial charge on any atom is -0.461 e. The highest BCUT2D eigenvalue weighted by atomic mass is 35.5. The number of carbonyl (C=O) groups is 2. The molecule has 1 N–H and O–H groups in total. The first kappa shape index (κ1) is 19.9. The molecule has 0 fully saturated rings. The van der Waals surface area contributed by atoms with Gasteiger partial charge in [0.2, 0.25) is 0 Å². The van der Waals surface area contributed by atoms with Crippen molar-refractivity contribution in [1.82, 2.24) is 4.90 Å². The van der Waals surface area contributed by atoms with E-state index >= 15 is 0 Å². The Labute approximate surface area is 158 Å². The van der Waals surface area contributed by atoms with Crippen molar-refractivity contribution < 1.29 is 14.3 Å². The molecule has 26 heavy (non-hydrogen) atoms. The highest BCUT2D eigenvalue weighted by Gasteiger charge is 2.11. The maximum Gasteiger partial charge on any atom is 0.338 e.